The van der Waals surface area contributed by atoms with Crippen LogP contribution in [0.3, 0.4) is 0 Å². The lowest BCUT2D eigenvalue weighted by Crippen LogP contribution is -2.45. The van der Waals surface area contributed by atoms with E-state index in [9.17, 15) is 4.79 Å². The van der Waals surface area contributed by atoms with E-state index in [0.717, 1.165) is 6.42 Å². The summed E-state index contributed by atoms with van der Waals surface area (Å²) in [6.07, 6.45) is 9.56. The van der Waals surface area contributed by atoms with Crippen molar-refractivity contribution < 1.29 is 13.6 Å². The minimum Gasteiger partial charge on any atom is -0.413 e. The molecule has 0 amide bonds. The Morgan fingerprint density at radius 3 is 2.09 bits per heavy atom. The Hall–Kier alpha value is -0.496. The van der Waals surface area contributed by atoms with Crippen LogP contribution in [-0.2, 0) is 13.6 Å². The smallest absolute Gasteiger partial charge is 0.192 e. The third-order valence-corrected chi connectivity index (χ3v) is 17.3. The maximum Gasteiger partial charge on any atom is 0.192 e. The number of ketones is 1. The summed E-state index contributed by atoms with van der Waals surface area (Å²) in [6, 6.07) is 0. The van der Waals surface area contributed by atoms with Crippen LogP contribution in [0.15, 0.2) is 24.3 Å². The van der Waals surface area contributed by atoms with Gasteiger partial charge in [-0.25, -0.2) is 0 Å². The van der Waals surface area contributed by atoms with Gasteiger partial charge in [-0.3, -0.25) is 4.79 Å². The second-order valence-electron chi connectivity index (χ2n) is 13.4. The summed E-state index contributed by atoms with van der Waals surface area (Å²) in [5.74, 6) is 0.701. The van der Waals surface area contributed by atoms with Crippen LogP contribution in [0.2, 0.25) is 36.3 Å². The molecule has 192 valence electrons. The van der Waals surface area contributed by atoms with Crippen molar-refractivity contribution in [2.24, 2.45) is 11.8 Å². The van der Waals surface area contributed by atoms with Gasteiger partial charge in [0.1, 0.15) is 0 Å². The molecule has 1 fully saturated rings. The summed E-state index contributed by atoms with van der Waals surface area (Å²) in [4.78, 5) is 12.6. The van der Waals surface area contributed by atoms with Gasteiger partial charge in [-0.1, -0.05) is 93.4 Å². The van der Waals surface area contributed by atoms with Crippen LogP contribution in [-0.4, -0.2) is 34.6 Å². The van der Waals surface area contributed by atoms with Crippen molar-refractivity contribution in [1.29, 1.82) is 0 Å². The van der Waals surface area contributed by atoms with Gasteiger partial charge < -0.3 is 8.85 Å². The highest BCUT2D eigenvalue weighted by Gasteiger charge is 2.45. The van der Waals surface area contributed by atoms with Crippen molar-refractivity contribution in [2.75, 3.05) is 0 Å². The second kappa shape index (κ2) is 11.5. The molecular weight excluding hydrogens is 440 g/mol. The minimum atomic E-state index is -1.98. The predicted molar refractivity (Wildman–Crippen MR) is 149 cm³/mol. The Morgan fingerprint density at radius 2 is 1.61 bits per heavy atom. The van der Waals surface area contributed by atoms with Crippen LogP contribution in [0.4, 0.5) is 0 Å². The van der Waals surface area contributed by atoms with Crippen molar-refractivity contribution >= 4 is 22.4 Å². The van der Waals surface area contributed by atoms with Gasteiger partial charge in [-0.15, -0.1) is 0 Å². The molecule has 0 aromatic heterocycles. The average Bonchev–Trinajstić information content (AvgIpc) is 2.88. The van der Waals surface area contributed by atoms with Crippen LogP contribution >= 0.6 is 0 Å². The van der Waals surface area contributed by atoms with E-state index in [1.54, 1.807) is 0 Å². The van der Waals surface area contributed by atoms with Gasteiger partial charge in [0, 0.05) is 12.3 Å². The van der Waals surface area contributed by atoms with E-state index in [4.69, 9.17) is 8.85 Å². The number of rotatable bonds is 11. The Kier molecular flexibility index (Phi) is 10.6. The molecule has 0 bridgehead atoms. The van der Waals surface area contributed by atoms with Crippen LogP contribution < -0.4 is 0 Å². The largest absolute Gasteiger partial charge is 0.413 e. The zero-order valence-electron chi connectivity index (χ0n) is 23.9. The Labute approximate surface area is 208 Å². The van der Waals surface area contributed by atoms with Crippen LogP contribution in [0, 0.1) is 11.8 Å². The van der Waals surface area contributed by atoms with Crippen LogP contribution in [0.5, 0.6) is 0 Å². The summed E-state index contributed by atoms with van der Waals surface area (Å²) in [5.41, 5.74) is 0.695. The fourth-order valence-corrected chi connectivity index (χ4v) is 6.42. The SMILES string of the molecule is C=C1C(=O)CC(O[Si](C)(C)C(C)(C)C)C1/C=C/C(CC(C)CCCC)O[Si](C)(C)C(C)(C)C. The number of Topliss-reactive ketones (excluding diaryl/α,β-unsaturated/α-hetero) is 1. The molecule has 1 aliphatic carbocycles. The zero-order chi connectivity index (χ0) is 25.8. The van der Waals surface area contributed by atoms with E-state index < -0.39 is 16.6 Å². The molecule has 0 N–H and O–H groups in total. The van der Waals surface area contributed by atoms with E-state index in [1.807, 2.05) is 0 Å². The normalized spacial score (nSPS) is 22.9. The average molecular weight is 495 g/mol. The summed E-state index contributed by atoms with van der Waals surface area (Å²) in [5, 5.41) is 0.267. The summed E-state index contributed by atoms with van der Waals surface area (Å²) < 4.78 is 13.6. The van der Waals surface area contributed by atoms with Crippen molar-refractivity contribution in [3.63, 3.8) is 0 Å². The fourth-order valence-electron chi connectivity index (χ4n) is 3.79. The maximum atomic E-state index is 12.6. The predicted octanol–water partition coefficient (Wildman–Crippen LogP) is 8.69. The first-order valence-electron chi connectivity index (χ1n) is 13.1. The quantitative estimate of drug-likeness (QED) is 0.164. The molecule has 4 unspecified atom stereocenters. The van der Waals surface area contributed by atoms with E-state index >= 15 is 0 Å². The highest BCUT2D eigenvalue weighted by Crippen LogP contribution is 2.42. The third kappa shape index (κ3) is 8.59. The number of carbonyl (C=O) groups is 1. The van der Waals surface area contributed by atoms with Gasteiger partial charge in [-0.2, -0.15) is 0 Å². The standard InChI is InChI=1S/C28H54O3Si2/c1-14-15-16-21(2)19-23(30-32(10,11)27(4,5)6)17-18-24-22(3)25(29)20-26(24)31-33(12,13)28(7,8)9/h17-18,21,23-24,26H,3,14-16,19-20H2,1-2,4-13H3/b18-17+. The highest BCUT2D eigenvalue weighted by atomic mass is 28.4. The molecule has 0 heterocycles. The van der Waals surface area contributed by atoms with E-state index in [2.05, 4.69) is 100 Å². The molecule has 0 radical (unpaired) electrons. The molecule has 33 heavy (non-hydrogen) atoms. The number of unbranched alkanes of at least 4 members (excludes halogenated alkanes) is 1. The maximum absolute atomic E-state index is 12.6. The molecule has 0 saturated heterocycles. The van der Waals surface area contributed by atoms with Crippen LogP contribution in [0.25, 0.3) is 0 Å². The van der Waals surface area contributed by atoms with Gasteiger partial charge >= 0.3 is 0 Å². The topological polar surface area (TPSA) is 35.5 Å². The Balaban J connectivity index is 3.15. The lowest BCUT2D eigenvalue weighted by Gasteiger charge is -2.40. The lowest BCUT2D eigenvalue weighted by molar-refractivity contribution is -0.115. The van der Waals surface area contributed by atoms with E-state index in [1.165, 1.54) is 19.3 Å². The molecule has 0 aliphatic heterocycles. The molecule has 0 spiro atoms. The molecule has 0 aromatic rings. The van der Waals surface area contributed by atoms with Gasteiger partial charge in [0.2, 0.25) is 0 Å². The van der Waals surface area contributed by atoms with Crippen molar-refractivity contribution in [1.82, 2.24) is 0 Å². The summed E-state index contributed by atoms with van der Waals surface area (Å²) in [7, 11) is -3.90. The number of hydrogen-bond donors (Lipinski definition) is 0. The first kappa shape index (κ1) is 30.5. The fraction of sp³-hybridized carbons (Fsp3) is 0.821. The van der Waals surface area contributed by atoms with E-state index in [-0.39, 0.29) is 34.0 Å². The lowest BCUT2D eigenvalue weighted by atomic mass is 9.95. The molecular formula is C28H54O3Si2. The first-order chi connectivity index (χ1) is 14.8. The molecule has 1 rings (SSSR count). The molecule has 0 aromatic carbocycles. The third-order valence-electron chi connectivity index (χ3n) is 8.27. The molecule has 3 nitrogen and oxygen atoms in total. The van der Waals surface area contributed by atoms with Crippen molar-refractivity contribution in [2.45, 2.75) is 136 Å². The molecule has 1 saturated carbocycles. The molecule has 4 atom stereocenters. The van der Waals surface area contributed by atoms with Gasteiger partial charge in [0.25, 0.3) is 0 Å². The summed E-state index contributed by atoms with van der Waals surface area (Å²) >= 11 is 0. The number of hydrogen-bond acceptors (Lipinski definition) is 3. The molecule has 5 heteroatoms. The van der Waals surface area contributed by atoms with Gasteiger partial charge in [-0.05, 0) is 54.2 Å². The highest BCUT2D eigenvalue weighted by molar-refractivity contribution is 6.74. The second-order valence-corrected chi connectivity index (χ2v) is 22.9. The first-order valence-corrected chi connectivity index (χ1v) is 18.9. The Morgan fingerprint density at radius 1 is 1.06 bits per heavy atom. The zero-order valence-corrected chi connectivity index (χ0v) is 25.9. The van der Waals surface area contributed by atoms with Gasteiger partial charge in [0.05, 0.1) is 12.2 Å². The van der Waals surface area contributed by atoms with Crippen LogP contribution in [0.1, 0.15) is 87.5 Å². The van der Waals surface area contributed by atoms with Crippen molar-refractivity contribution in [3.8, 4) is 0 Å². The van der Waals surface area contributed by atoms with Gasteiger partial charge in [0.15, 0.2) is 22.4 Å². The number of carbonyl (C=O) groups excluding carboxylic acids is 1. The van der Waals surface area contributed by atoms with Crippen molar-refractivity contribution in [3.05, 3.63) is 24.3 Å². The van der Waals surface area contributed by atoms with E-state index in [0.29, 0.717) is 17.9 Å². The Bertz CT molecular complexity index is 695. The minimum absolute atomic E-state index is 0.0527. The molecule has 1 aliphatic rings. The summed E-state index contributed by atoms with van der Waals surface area (Å²) in [6.45, 7) is 31.5. The monoisotopic (exact) mass is 494 g/mol.